The van der Waals surface area contributed by atoms with Gasteiger partial charge in [-0.2, -0.15) is 0 Å². The van der Waals surface area contributed by atoms with Crippen molar-refractivity contribution in [2.24, 2.45) is 11.8 Å². The third-order valence-corrected chi connectivity index (χ3v) is 2.76. The number of esters is 1. The summed E-state index contributed by atoms with van der Waals surface area (Å²) in [5, 5.41) is 9.05. The summed E-state index contributed by atoms with van der Waals surface area (Å²) < 4.78 is 5.09. The second-order valence-corrected chi connectivity index (χ2v) is 5.02. The maximum atomic E-state index is 11.6. The Morgan fingerprint density at radius 3 is 2.37 bits per heavy atom. The molecule has 0 radical (unpaired) electrons. The predicted molar refractivity (Wildman–Crippen MR) is 71.4 cm³/mol. The first-order valence-corrected chi connectivity index (χ1v) is 6.41. The van der Waals surface area contributed by atoms with Crippen molar-refractivity contribution in [3.05, 3.63) is 35.9 Å². The minimum absolute atomic E-state index is 0.0691. The second kappa shape index (κ2) is 7.56. The number of carboxylic acid groups (broad SMARTS) is 1. The summed E-state index contributed by atoms with van der Waals surface area (Å²) in [5.74, 6) is -1.83. The molecule has 0 amide bonds. The highest BCUT2D eigenvalue weighted by molar-refractivity contribution is 5.78. The van der Waals surface area contributed by atoms with Gasteiger partial charge >= 0.3 is 11.9 Å². The average molecular weight is 264 g/mol. The maximum absolute atomic E-state index is 11.6. The molecule has 1 aromatic carbocycles. The van der Waals surface area contributed by atoms with Crippen LogP contribution in [0, 0.1) is 11.8 Å². The van der Waals surface area contributed by atoms with Crippen LogP contribution in [0.5, 0.6) is 0 Å². The van der Waals surface area contributed by atoms with Gasteiger partial charge in [0, 0.05) is 0 Å². The fourth-order valence-corrected chi connectivity index (χ4v) is 1.84. The monoisotopic (exact) mass is 264 g/mol. The molecule has 0 spiro atoms. The molecule has 1 atom stereocenters. The molecule has 1 aromatic rings. The normalized spacial score (nSPS) is 12.2. The van der Waals surface area contributed by atoms with Crippen LogP contribution in [-0.2, 0) is 20.9 Å². The molecule has 0 aromatic heterocycles. The number of carbonyl (C=O) groups excluding carboxylic acids is 1. The molecule has 19 heavy (non-hydrogen) atoms. The topological polar surface area (TPSA) is 63.6 Å². The molecule has 0 heterocycles. The van der Waals surface area contributed by atoms with E-state index in [1.54, 1.807) is 0 Å². The van der Waals surface area contributed by atoms with Crippen molar-refractivity contribution < 1.29 is 19.4 Å². The molecule has 0 aliphatic carbocycles. The lowest BCUT2D eigenvalue weighted by Crippen LogP contribution is -2.21. The molecule has 0 aliphatic heterocycles. The standard InChI is InChI=1S/C15H20O4/c1-11(2)8-13(15(17)18)9-14(16)19-10-12-6-4-3-5-7-12/h3-7,11,13H,8-10H2,1-2H3,(H,17,18)/t13-/m1/s1. The minimum Gasteiger partial charge on any atom is -0.481 e. The van der Waals surface area contributed by atoms with E-state index in [0.717, 1.165) is 5.56 Å². The van der Waals surface area contributed by atoms with Crippen LogP contribution in [0.1, 0.15) is 32.3 Å². The quantitative estimate of drug-likeness (QED) is 0.769. The van der Waals surface area contributed by atoms with Gasteiger partial charge in [0.25, 0.3) is 0 Å². The van der Waals surface area contributed by atoms with Gasteiger partial charge in [-0.15, -0.1) is 0 Å². The molecule has 4 heteroatoms. The Kier molecular flexibility index (Phi) is 6.06. The van der Waals surface area contributed by atoms with Crippen LogP contribution in [0.25, 0.3) is 0 Å². The fraction of sp³-hybridized carbons (Fsp3) is 0.467. The largest absolute Gasteiger partial charge is 0.481 e. The molecule has 0 fully saturated rings. The van der Waals surface area contributed by atoms with Crippen molar-refractivity contribution in [3.8, 4) is 0 Å². The molecule has 0 saturated carbocycles. The predicted octanol–water partition coefficient (Wildman–Crippen LogP) is 2.87. The van der Waals surface area contributed by atoms with Gasteiger partial charge in [-0.25, -0.2) is 0 Å². The summed E-state index contributed by atoms with van der Waals surface area (Å²) in [6, 6.07) is 9.32. The van der Waals surface area contributed by atoms with Gasteiger partial charge in [0.1, 0.15) is 6.61 Å². The molecular weight excluding hydrogens is 244 g/mol. The molecule has 0 saturated heterocycles. The maximum Gasteiger partial charge on any atom is 0.307 e. The first-order chi connectivity index (χ1) is 8.99. The summed E-state index contributed by atoms with van der Waals surface area (Å²) in [6.07, 6.45) is 0.413. The van der Waals surface area contributed by atoms with Crippen molar-refractivity contribution in [1.29, 1.82) is 0 Å². The molecule has 0 unspecified atom stereocenters. The van der Waals surface area contributed by atoms with E-state index in [1.165, 1.54) is 0 Å². The third kappa shape index (κ3) is 6.04. The summed E-state index contributed by atoms with van der Waals surface area (Å²) >= 11 is 0. The van der Waals surface area contributed by atoms with Crippen LogP contribution in [-0.4, -0.2) is 17.0 Å². The third-order valence-electron chi connectivity index (χ3n) is 2.76. The lowest BCUT2D eigenvalue weighted by atomic mass is 9.94. The van der Waals surface area contributed by atoms with E-state index in [0.29, 0.717) is 6.42 Å². The number of benzene rings is 1. The molecule has 1 N–H and O–H groups in total. The molecule has 0 bridgehead atoms. The Hall–Kier alpha value is -1.84. The van der Waals surface area contributed by atoms with Gasteiger partial charge < -0.3 is 9.84 Å². The van der Waals surface area contributed by atoms with Gasteiger partial charge in [0.15, 0.2) is 0 Å². The summed E-state index contributed by atoms with van der Waals surface area (Å²) in [7, 11) is 0. The van der Waals surface area contributed by atoms with E-state index in [1.807, 2.05) is 44.2 Å². The van der Waals surface area contributed by atoms with Crippen molar-refractivity contribution in [1.82, 2.24) is 0 Å². The number of carbonyl (C=O) groups is 2. The number of hydrogen-bond donors (Lipinski definition) is 1. The van der Waals surface area contributed by atoms with Crippen LogP contribution >= 0.6 is 0 Å². The first-order valence-electron chi connectivity index (χ1n) is 6.41. The molecule has 1 rings (SSSR count). The van der Waals surface area contributed by atoms with Crippen LogP contribution in [0.4, 0.5) is 0 Å². The molecule has 0 aliphatic rings. The second-order valence-electron chi connectivity index (χ2n) is 5.02. The molecule has 4 nitrogen and oxygen atoms in total. The Morgan fingerprint density at radius 1 is 1.21 bits per heavy atom. The van der Waals surface area contributed by atoms with Crippen molar-refractivity contribution in [2.75, 3.05) is 0 Å². The Morgan fingerprint density at radius 2 is 1.84 bits per heavy atom. The van der Waals surface area contributed by atoms with Crippen molar-refractivity contribution >= 4 is 11.9 Å². The van der Waals surface area contributed by atoms with E-state index in [-0.39, 0.29) is 18.9 Å². The van der Waals surface area contributed by atoms with Crippen molar-refractivity contribution in [3.63, 3.8) is 0 Å². The van der Waals surface area contributed by atoms with E-state index in [4.69, 9.17) is 9.84 Å². The van der Waals surface area contributed by atoms with Crippen LogP contribution in [0.2, 0.25) is 0 Å². The Bertz CT molecular complexity index is 411. The van der Waals surface area contributed by atoms with Gasteiger partial charge in [0.2, 0.25) is 0 Å². The van der Waals surface area contributed by atoms with Crippen LogP contribution < -0.4 is 0 Å². The lowest BCUT2D eigenvalue weighted by molar-refractivity contribution is -0.152. The van der Waals surface area contributed by atoms with Gasteiger partial charge in [0.05, 0.1) is 12.3 Å². The summed E-state index contributed by atoms with van der Waals surface area (Å²) in [5.41, 5.74) is 0.895. The van der Waals surface area contributed by atoms with E-state index >= 15 is 0 Å². The zero-order valence-electron chi connectivity index (χ0n) is 11.3. The van der Waals surface area contributed by atoms with E-state index in [9.17, 15) is 9.59 Å². The highest BCUT2D eigenvalue weighted by Gasteiger charge is 2.23. The van der Waals surface area contributed by atoms with Gasteiger partial charge in [-0.1, -0.05) is 44.2 Å². The van der Waals surface area contributed by atoms with Crippen LogP contribution in [0.15, 0.2) is 30.3 Å². The first kappa shape index (κ1) is 15.2. The summed E-state index contributed by atoms with van der Waals surface area (Å²) in [4.78, 5) is 22.7. The Balaban J connectivity index is 2.42. The Labute approximate surface area is 113 Å². The molecule has 104 valence electrons. The van der Waals surface area contributed by atoms with E-state index in [2.05, 4.69) is 0 Å². The minimum atomic E-state index is -0.939. The fourth-order valence-electron chi connectivity index (χ4n) is 1.84. The summed E-state index contributed by atoms with van der Waals surface area (Å²) in [6.45, 7) is 4.06. The van der Waals surface area contributed by atoms with Crippen molar-refractivity contribution in [2.45, 2.75) is 33.3 Å². The number of hydrogen-bond acceptors (Lipinski definition) is 3. The zero-order valence-corrected chi connectivity index (χ0v) is 11.3. The number of aliphatic carboxylic acids is 1. The smallest absolute Gasteiger partial charge is 0.307 e. The lowest BCUT2D eigenvalue weighted by Gasteiger charge is -2.14. The average Bonchev–Trinajstić information content (AvgIpc) is 2.36. The molecular formula is C15H20O4. The van der Waals surface area contributed by atoms with Gasteiger partial charge in [-0.3, -0.25) is 9.59 Å². The van der Waals surface area contributed by atoms with Crippen LogP contribution in [0.3, 0.4) is 0 Å². The number of ether oxygens (including phenoxy) is 1. The zero-order chi connectivity index (χ0) is 14.3. The SMILES string of the molecule is CC(C)C[C@H](CC(=O)OCc1ccccc1)C(=O)O. The number of rotatable bonds is 7. The highest BCUT2D eigenvalue weighted by atomic mass is 16.5. The van der Waals surface area contributed by atoms with E-state index < -0.39 is 17.9 Å². The number of carboxylic acids is 1. The van der Waals surface area contributed by atoms with Gasteiger partial charge in [-0.05, 0) is 17.9 Å². The highest BCUT2D eigenvalue weighted by Crippen LogP contribution is 2.16.